The molecule has 0 aliphatic rings. The molecule has 0 aliphatic carbocycles. The summed E-state index contributed by atoms with van der Waals surface area (Å²) >= 11 is 0. The summed E-state index contributed by atoms with van der Waals surface area (Å²) in [5, 5.41) is 19.7. The first kappa shape index (κ1) is 10.5. The fraction of sp³-hybridized carbons (Fsp3) is 0.300. The summed E-state index contributed by atoms with van der Waals surface area (Å²) in [4.78, 5) is 10.5. The van der Waals surface area contributed by atoms with E-state index < -0.39 is 6.09 Å². The van der Waals surface area contributed by atoms with E-state index in [1.54, 1.807) is 0 Å². The molecule has 0 aliphatic heterocycles. The van der Waals surface area contributed by atoms with Crippen molar-refractivity contribution in [2.75, 3.05) is 6.61 Å². The highest BCUT2D eigenvalue weighted by Gasteiger charge is 2.12. The number of carbonyl (C=O) groups is 1. The van der Waals surface area contributed by atoms with E-state index in [1.165, 1.54) is 0 Å². The molecule has 0 bridgehead atoms. The van der Waals surface area contributed by atoms with Crippen molar-refractivity contribution in [1.29, 1.82) is 0 Å². The van der Waals surface area contributed by atoms with Crippen molar-refractivity contribution in [1.82, 2.24) is 5.32 Å². The number of carboxylic acid groups (broad SMARTS) is 1. The van der Waals surface area contributed by atoms with Gasteiger partial charge in [-0.1, -0.05) is 30.3 Å². The van der Waals surface area contributed by atoms with Gasteiger partial charge in [-0.15, -0.1) is 0 Å². The second-order valence-corrected chi connectivity index (χ2v) is 2.93. The molecule has 0 unspecified atom stereocenters. The zero-order valence-electron chi connectivity index (χ0n) is 7.68. The highest BCUT2D eigenvalue weighted by atomic mass is 16.4. The van der Waals surface area contributed by atoms with Gasteiger partial charge in [-0.25, -0.2) is 4.79 Å². The molecule has 0 radical (unpaired) electrons. The second-order valence-electron chi connectivity index (χ2n) is 2.93. The molecule has 1 aromatic carbocycles. The van der Waals surface area contributed by atoms with Crippen molar-refractivity contribution in [3.8, 4) is 0 Å². The monoisotopic (exact) mass is 195 g/mol. The molecule has 4 nitrogen and oxygen atoms in total. The summed E-state index contributed by atoms with van der Waals surface area (Å²) < 4.78 is 0. The molecule has 0 spiro atoms. The van der Waals surface area contributed by atoms with E-state index in [9.17, 15) is 4.79 Å². The third kappa shape index (κ3) is 3.06. The topological polar surface area (TPSA) is 69.6 Å². The minimum Gasteiger partial charge on any atom is -0.465 e. The zero-order valence-corrected chi connectivity index (χ0v) is 7.68. The Hall–Kier alpha value is -1.55. The van der Waals surface area contributed by atoms with Crippen LogP contribution in [0.1, 0.15) is 18.0 Å². The normalized spacial score (nSPS) is 12.1. The van der Waals surface area contributed by atoms with Crippen LogP contribution in [0.5, 0.6) is 0 Å². The van der Waals surface area contributed by atoms with Gasteiger partial charge in [0.05, 0.1) is 6.04 Å². The Bertz CT molecular complexity index is 287. The lowest BCUT2D eigenvalue weighted by molar-refractivity contribution is 0.185. The van der Waals surface area contributed by atoms with Gasteiger partial charge in [0.1, 0.15) is 0 Å². The van der Waals surface area contributed by atoms with E-state index in [0.717, 1.165) is 5.56 Å². The largest absolute Gasteiger partial charge is 0.465 e. The van der Waals surface area contributed by atoms with Gasteiger partial charge in [-0.05, 0) is 12.0 Å². The average molecular weight is 195 g/mol. The van der Waals surface area contributed by atoms with E-state index in [2.05, 4.69) is 5.32 Å². The number of amides is 1. The molecule has 0 saturated carbocycles. The predicted octanol–water partition coefficient (Wildman–Crippen LogP) is 1.38. The number of aliphatic hydroxyl groups excluding tert-OH is 1. The van der Waals surface area contributed by atoms with Crippen LogP contribution in [0, 0.1) is 0 Å². The van der Waals surface area contributed by atoms with Gasteiger partial charge in [0.25, 0.3) is 0 Å². The number of hydrogen-bond donors (Lipinski definition) is 3. The van der Waals surface area contributed by atoms with Gasteiger partial charge < -0.3 is 15.5 Å². The van der Waals surface area contributed by atoms with Crippen molar-refractivity contribution < 1.29 is 15.0 Å². The average Bonchev–Trinajstić information content (AvgIpc) is 2.18. The molecule has 76 valence electrons. The molecule has 1 amide bonds. The number of rotatable bonds is 4. The summed E-state index contributed by atoms with van der Waals surface area (Å²) in [7, 11) is 0. The predicted molar refractivity (Wildman–Crippen MR) is 52.0 cm³/mol. The van der Waals surface area contributed by atoms with Gasteiger partial charge in [-0.3, -0.25) is 0 Å². The maximum atomic E-state index is 10.5. The highest BCUT2D eigenvalue weighted by molar-refractivity contribution is 5.65. The Labute approximate surface area is 82.2 Å². The highest BCUT2D eigenvalue weighted by Crippen LogP contribution is 2.15. The van der Waals surface area contributed by atoms with Crippen LogP contribution in [0.25, 0.3) is 0 Å². The summed E-state index contributed by atoms with van der Waals surface area (Å²) in [6.07, 6.45) is -0.691. The van der Waals surface area contributed by atoms with Crippen LogP contribution < -0.4 is 5.32 Å². The smallest absolute Gasteiger partial charge is 0.405 e. The van der Waals surface area contributed by atoms with Crippen LogP contribution >= 0.6 is 0 Å². The molecule has 1 aromatic rings. The Balaban J connectivity index is 2.72. The molecule has 0 saturated heterocycles. The summed E-state index contributed by atoms with van der Waals surface area (Å²) in [5.74, 6) is 0. The quantitative estimate of drug-likeness (QED) is 0.679. The second kappa shape index (κ2) is 5.24. The molecule has 4 heteroatoms. The molecule has 14 heavy (non-hydrogen) atoms. The van der Waals surface area contributed by atoms with Crippen LogP contribution in [0.15, 0.2) is 30.3 Å². The Kier molecular flexibility index (Phi) is 3.94. The van der Waals surface area contributed by atoms with Gasteiger partial charge in [0.15, 0.2) is 0 Å². The van der Waals surface area contributed by atoms with Crippen LogP contribution in [-0.4, -0.2) is 22.9 Å². The fourth-order valence-corrected chi connectivity index (χ4v) is 1.29. The van der Waals surface area contributed by atoms with Crippen molar-refractivity contribution >= 4 is 6.09 Å². The lowest BCUT2D eigenvalue weighted by Gasteiger charge is -2.15. The Morgan fingerprint density at radius 1 is 1.36 bits per heavy atom. The van der Waals surface area contributed by atoms with Crippen molar-refractivity contribution in [3.63, 3.8) is 0 Å². The first-order valence-corrected chi connectivity index (χ1v) is 4.39. The first-order chi connectivity index (χ1) is 6.74. The third-order valence-electron chi connectivity index (χ3n) is 1.92. The maximum absolute atomic E-state index is 10.5. The number of aliphatic hydroxyl groups is 1. The van der Waals surface area contributed by atoms with E-state index in [1.807, 2.05) is 30.3 Å². The molecule has 0 aromatic heterocycles. The molecule has 0 fully saturated rings. The number of benzene rings is 1. The SMILES string of the molecule is O=C(O)N[C@@H](CCO)c1ccccc1. The minimum atomic E-state index is -1.08. The van der Waals surface area contributed by atoms with Crippen LogP contribution in [0.2, 0.25) is 0 Å². The maximum Gasteiger partial charge on any atom is 0.405 e. The first-order valence-electron chi connectivity index (χ1n) is 4.39. The molecular formula is C10H13NO3. The van der Waals surface area contributed by atoms with Gasteiger partial charge in [0, 0.05) is 6.61 Å². The summed E-state index contributed by atoms with van der Waals surface area (Å²) in [6, 6.07) is 8.86. The van der Waals surface area contributed by atoms with E-state index in [-0.39, 0.29) is 12.6 Å². The van der Waals surface area contributed by atoms with Crippen molar-refractivity contribution in [2.24, 2.45) is 0 Å². The zero-order chi connectivity index (χ0) is 10.4. The molecule has 1 rings (SSSR count). The number of nitrogens with one attached hydrogen (secondary N) is 1. The van der Waals surface area contributed by atoms with Crippen LogP contribution in [0.3, 0.4) is 0 Å². The standard InChI is InChI=1S/C10H13NO3/c12-7-6-9(11-10(13)14)8-4-2-1-3-5-8/h1-5,9,11-12H,6-7H2,(H,13,14)/t9-/m0/s1. The number of hydrogen-bond acceptors (Lipinski definition) is 2. The van der Waals surface area contributed by atoms with Crippen LogP contribution in [-0.2, 0) is 0 Å². The third-order valence-corrected chi connectivity index (χ3v) is 1.92. The summed E-state index contributed by atoms with van der Waals surface area (Å²) in [5.41, 5.74) is 0.865. The van der Waals surface area contributed by atoms with Crippen molar-refractivity contribution in [2.45, 2.75) is 12.5 Å². The Morgan fingerprint density at radius 2 is 2.00 bits per heavy atom. The lowest BCUT2D eigenvalue weighted by atomic mass is 10.0. The molecule has 0 heterocycles. The van der Waals surface area contributed by atoms with Gasteiger partial charge >= 0.3 is 6.09 Å². The summed E-state index contributed by atoms with van der Waals surface area (Å²) in [6.45, 7) is -0.0418. The molecule has 3 N–H and O–H groups in total. The van der Waals surface area contributed by atoms with Crippen molar-refractivity contribution in [3.05, 3.63) is 35.9 Å². The molecular weight excluding hydrogens is 182 g/mol. The van der Waals surface area contributed by atoms with E-state index in [4.69, 9.17) is 10.2 Å². The Morgan fingerprint density at radius 3 is 2.50 bits per heavy atom. The van der Waals surface area contributed by atoms with E-state index >= 15 is 0 Å². The van der Waals surface area contributed by atoms with E-state index in [0.29, 0.717) is 6.42 Å². The van der Waals surface area contributed by atoms with Gasteiger partial charge in [-0.2, -0.15) is 0 Å². The minimum absolute atomic E-state index is 0.0418. The fourth-order valence-electron chi connectivity index (χ4n) is 1.29. The van der Waals surface area contributed by atoms with Crippen LogP contribution in [0.4, 0.5) is 4.79 Å². The van der Waals surface area contributed by atoms with Gasteiger partial charge in [0.2, 0.25) is 0 Å². The molecule has 1 atom stereocenters. The lowest BCUT2D eigenvalue weighted by Crippen LogP contribution is -2.27.